The SMILES string of the molecule is CC(=O)COc1cnn(-c2cccc(C(F)(F)F)c2)c1. The third-order valence-electron chi connectivity index (χ3n) is 2.44. The highest BCUT2D eigenvalue weighted by molar-refractivity contribution is 5.77. The molecule has 0 atom stereocenters. The number of nitrogens with zero attached hydrogens (tertiary/aromatic N) is 2. The van der Waals surface area contributed by atoms with E-state index in [-0.39, 0.29) is 18.1 Å². The number of aromatic nitrogens is 2. The van der Waals surface area contributed by atoms with E-state index in [0.717, 1.165) is 12.1 Å². The molecule has 4 nitrogen and oxygen atoms in total. The van der Waals surface area contributed by atoms with Gasteiger partial charge in [0, 0.05) is 0 Å². The molecule has 1 aromatic heterocycles. The van der Waals surface area contributed by atoms with Gasteiger partial charge in [-0.1, -0.05) is 6.07 Å². The van der Waals surface area contributed by atoms with Crippen LogP contribution >= 0.6 is 0 Å². The lowest BCUT2D eigenvalue weighted by atomic mass is 10.2. The first-order chi connectivity index (χ1) is 9.36. The molecular weight excluding hydrogens is 273 g/mol. The van der Waals surface area contributed by atoms with Gasteiger partial charge in [-0.25, -0.2) is 4.68 Å². The zero-order chi connectivity index (χ0) is 14.8. The van der Waals surface area contributed by atoms with Gasteiger partial charge in [0.25, 0.3) is 0 Å². The lowest BCUT2D eigenvalue weighted by Crippen LogP contribution is -2.06. The predicted molar refractivity (Wildman–Crippen MR) is 64.7 cm³/mol. The van der Waals surface area contributed by atoms with E-state index in [2.05, 4.69) is 5.10 Å². The zero-order valence-electron chi connectivity index (χ0n) is 10.5. The van der Waals surface area contributed by atoms with Crippen molar-refractivity contribution in [2.45, 2.75) is 13.1 Å². The minimum Gasteiger partial charge on any atom is -0.483 e. The lowest BCUT2D eigenvalue weighted by molar-refractivity contribution is -0.137. The van der Waals surface area contributed by atoms with E-state index >= 15 is 0 Å². The first-order valence-corrected chi connectivity index (χ1v) is 5.71. The fourth-order valence-corrected chi connectivity index (χ4v) is 1.53. The minimum absolute atomic E-state index is 0.103. The molecule has 1 aromatic carbocycles. The van der Waals surface area contributed by atoms with E-state index in [1.165, 1.54) is 36.1 Å². The Bertz CT molecular complexity index is 620. The second-order valence-corrected chi connectivity index (χ2v) is 4.16. The molecule has 0 N–H and O–H groups in total. The van der Waals surface area contributed by atoms with Crippen molar-refractivity contribution in [2.75, 3.05) is 6.61 Å². The van der Waals surface area contributed by atoms with Crippen LogP contribution in [-0.4, -0.2) is 22.2 Å². The summed E-state index contributed by atoms with van der Waals surface area (Å²) >= 11 is 0. The number of ketones is 1. The summed E-state index contributed by atoms with van der Waals surface area (Å²) in [5.41, 5.74) is -0.491. The Morgan fingerprint density at radius 2 is 2.15 bits per heavy atom. The van der Waals surface area contributed by atoms with Crippen molar-refractivity contribution in [3.8, 4) is 11.4 Å². The Hall–Kier alpha value is -2.31. The maximum atomic E-state index is 12.6. The van der Waals surface area contributed by atoms with Gasteiger partial charge in [0.15, 0.2) is 11.5 Å². The monoisotopic (exact) mass is 284 g/mol. The second-order valence-electron chi connectivity index (χ2n) is 4.16. The van der Waals surface area contributed by atoms with Crippen molar-refractivity contribution in [1.29, 1.82) is 0 Å². The van der Waals surface area contributed by atoms with Crippen molar-refractivity contribution in [3.05, 3.63) is 42.2 Å². The van der Waals surface area contributed by atoms with Gasteiger partial charge in [-0.3, -0.25) is 4.79 Å². The second kappa shape index (κ2) is 5.36. The number of benzene rings is 1. The molecule has 0 unspecified atom stereocenters. The lowest BCUT2D eigenvalue weighted by Gasteiger charge is -2.08. The molecule has 0 bridgehead atoms. The molecule has 0 saturated heterocycles. The van der Waals surface area contributed by atoms with Gasteiger partial charge in [0.2, 0.25) is 0 Å². The molecule has 7 heteroatoms. The normalized spacial score (nSPS) is 11.4. The van der Waals surface area contributed by atoms with Crippen molar-refractivity contribution in [3.63, 3.8) is 0 Å². The summed E-state index contributed by atoms with van der Waals surface area (Å²) in [5.74, 6) is 0.162. The summed E-state index contributed by atoms with van der Waals surface area (Å²) in [4.78, 5) is 10.8. The number of carbonyl (C=O) groups excluding carboxylic acids is 1. The van der Waals surface area contributed by atoms with Crippen LogP contribution in [-0.2, 0) is 11.0 Å². The van der Waals surface area contributed by atoms with E-state index in [9.17, 15) is 18.0 Å². The predicted octanol–water partition coefficient (Wildman–Crippen LogP) is 2.86. The molecule has 2 rings (SSSR count). The summed E-state index contributed by atoms with van der Waals surface area (Å²) in [6, 6.07) is 4.77. The van der Waals surface area contributed by atoms with Crippen LogP contribution in [0.25, 0.3) is 5.69 Å². The van der Waals surface area contributed by atoms with Gasteiger partial charge in [-0.15, -0.1) is 0 Å². The molecule has 0 spiro atoms. The molecule has 106 valence electrons. The van der Waals surface area contributed by atoms with E-state index in [1.807, 2.05) is 0 Å². The van der Waals surface area contributed by atoms with Crippen LogP contribution in [0.5, 0.6) is 5.75 Å². The van der Waals surface area contributed by atoms with Gasteiger partial charge in [-0.2, -0.15) is 18.3 Å². The maximum absolute atomic E-state index is 12.6. The van der Waals surface area contributed by atoms with Gasteiger partial charge in [0.1, 0.15) is 6.61 Å². The summed E-state index contributed by atoms with van der Waals surface area (Å²) in [5, 5.41) is 3.90. The quantitative estimate of drug-likeness (QED) is 0.867. The Morgan fingerprint density at radius 3 is 2.80 bits per heavy atom. The van der Waals surface area contributed by atoms with E-state index in [1.54, 1.807) is 0 Å². The van der Waals surface area contributed by atoms with Gasteiger partial charge in [0.05, 0.1) is 23.6 Å². The third kappa shape index (κ3) is 3.37. The summed E-state index contributed by atoms with van der Waals surface area (Å²) in [6.45, 7) is 1.27. The highest BCUT2D eigenvalue weighted by Gasteiger charge is 2.30. The Labute approximate surface area is 112 Å². The fraction of sp³-hybridized carbons (Fsp3) is 0.231. The minimum atomic E-state index is -4.41. The highest BCUT2D eigenvalue weighted by atomic mass is 19.4. The number of hydrogen-bond acceptors (Lipinski definition) is 3. The van der Waals surface area contributed by atoms with Gasteiger partial charge >= 0.3 is 6.18 Å². The molecule has 0 radical (unpaired) electrons. The Morgan fingerprint density at radius 1 is 1.40 bits per heavy atom. The maximum Gasteiger partial charge on any atom is 0.416 e. The van der Waals surface area contributed by atoms with Crippen LogP contribution in [0.4, 0.5) is 13.2 Å². The van der Waals surface area contributed by atoms with E-state index in [0.29, 0.717) is 5.75 Å². The number of carbonyl (C=O) groups is 1. The summed E-state index contributed by atoms with van der Waals surface area (Å²) in [7, 11) is 0. The third-order valence-corrected chi connectivity index (χ3v) is 2.44. The molecule has 1 heterocycles. The topological polar surface area (TPSA) is 44.1 Å². The largest absolute Gasteiger partial charge is 0.483 e. The van der Waals surface area contributed by atoms with Crippen molar-refractivity contribution in [1.82, 2.24) is 9.78 Å². The van der Waals surface area contributed by atoms with E-state index in [4.69, 9.17) is 4.74 Å². The number of alkyl halides is 3. The molecule has 0 saturated carbocycles. The number of hydrogen-bond donors (Lipinski definition) is 0. The van der Waals surface area contributed by atoms with Crippen LogP contribution in [0.3, 0.4) is 0 Å². The Balaban J connectivity index is 2.22. The molecule has 2 aromatic rings. The highest BCUT2D eigenvalue weighted by Crippen LogP contribution is 2.30. The summed E-state index contributed by atoms with van der Waals surface area (Å²) < 4.78 is 44.2. The standard InChI is InChI=1S/C13H11F3N2O2/c1-9(19)8-20-12-6-17-18(7-12)11-4-2-3-10(5-11)13(14,15)16/h2-7H,8H2,1H3. The molecule has 0 aliphatic rings. The first kappa shape index (κ1) is 14.1. The number of Topliss-reactive ketones (excluding diaryl/α,β-unsaturated/α-hetero) is 1. The van der Waals surface area contributed by atoms with Crippen LogP contribution in [0.15, 0.2) is 36.7 Å². The summed E-state index contributed by atoms with van der Waals surface area (Å²) in [6.07, 6.45) is -1.65. The smallest absolute Gasteiger partial charge is 0.416 e. The average molecular weight is 284 g/mol. The van der Waals surface area contributed by atoms with E-state index < -0.39 is 11.7 Å². The van der Waals surface area contributed by atoms with Gasteiger partial charge in [-0.05, 0) is 25.1 Å². The fourth-order valence-electron chi connectivity index (χ4n) is 1.53. The van der Waals surface area contributed by atoms with Gasteiger partial charge < -0.3 is 4.74 Å². The molecule has 0 aliphatic heterocycles. The molecule has 0 fully saturated rings. The van der Waals surface area contributed by atoms with Crippen LogP contribution in [0, 0.1) is 0 Å². The number of ether oxygens (including phenoxy) is 1. The van der Waals surface area contributed by atoms with Crippen LogP contribution in [0.2, 0.25) is 0 Å². The number of halogens is 3. The zero-order valence-corrected chi connectivity index (χ0v) is 10.5. The van der Waals surface area contributed by atoms with Crippen molar-refractivity contribution in [2.24, 2.45) is 0 Å². The molecule has 0 amide bonds. The molecule has 0 aliphatic carbocycles. The molecule has 20 heavy (non-hydrogen) atoms. The number of rotatable bonds is 4. The first-order valence-electron chi connectivity index (χ1n) is 5.71. The van der Waals surface area contributed by atoms with Crippen LogP contribution in [0.1, 0.15) is 12.5 Å². The van der Waals surface area contributed by atoms with Crippen molar-refractivity contribution >= 4 is 5.78 Å². The van der Waals surface area contributed by atoms with Crippen molar-refractivity contribution < 1.29 is 22.7 Å². The van der Waals surface area contributed by atoms with Crippen LogP contribution < -0.4 is 4.74 Å². The molecular formula is C13H11F3N2O2. The Kier molecular flexibility index (Phi) is 3.78. The average Bonchev–Trinajstić information content (AvgIpc) is 2.84.